The van der Waals surface area contributed by atoms with E-state index in [4.69, 9.17) is 10.5 Å². The summed E-state index contributed by atoms with van der Waals surface area (Å²) >= 11 is 1.46. The second kappa shape index (κ2) is 7.56. The molecule has 2 amide bonds. The maximum Gasteiger partial charge on any atom is 0.342 e. The van der Waals surface area contributed by atoms with Crippen molar-refractivity contribution in [2.24, 2.45) is 11.7 Å². The van der Waals surface area contributed by atoms with Gasteiger partial charge in [0, 0.05) is 10.8 Å². The largest absolute Gasteiger partial charge is 0.449 e. The van der Waals surface area contributed by atoms with Gasteiger partial charge in [0.2, 0.25) is 5.91 Å². The highest BCUT2D eigenvalue weighted by molar-refractivity contribution is 7.17. The van der Waals surface area contributed by atoms with Gasteiger partial charge in [-0.2, -0.15) is 0 Å². The molecule has 1 atom stereocenters. The Hall–Kier alpha value is -1.89. The number of esters is 1. The molecule has 1 heterocycles. The first-order valence-electron chi connectivity index (χ1n) is 8.93. The number of hydrogen-bond acceptors (Lipinski definition) is 5. The van der Waals surface area contributed by atoms with E-state index in [0.717, 1.165) is 55.4 Å². The number of aryl methyl sites for hydroxylation is 1. The fraction of sp³-hybridized carbons (Fsp3) is 0.611. The van der Waals surface area contributed by atoms with Crippen LogP contribution in [-0.4, -0.2) is 23.9 Å². The Morgan fingerprint density at radius 1 is 1.16 bits per heavy atom. The molecule has 1 aromatic heterocycles. The summed E-state index contributed by atoms with van der Waals surface area (Å²) in [5.74, 6) is -1.27. The SMILES string of the molecule is C[C@H](OC(=O)c1c(NC(=O)C2CCCCC2)sc2c1CCC2)C(N)=O. The van der Waals surface area contributed by atoms with Crippen molar-refractivity contribution in [1.29, 1.82) is 0 Å². The molecule has 3 rings (SSSR count). The molecule has 0 aliphatic heterocycles. The fourth-order valence-corrected chi connectivity index (χ4v) is 4.84. The molecule has 7 heteroatoms. The summed E-state index contributed by atoms with van der Waals surface area (Å²) in [6.07, 6.45) is 6.82. The number of hydrogen-bond donors (Lipinski definition) is 2. The number of ether oxygens (including phenoxy) is 1. The normalized spacial score (nSPS) is 18.4. The standard InChI is InChI=1S/C18H24N2O4S/c1-10(15(19)21)24-18(23)14-12-8-5-9-13(12)25-17(14)20-16(22)11-6-3-2-4-7-11/h10-11H,2-9H2,1H3,(H2,19,21)(H,20,22)/t10-/m0/s1. The third-order valence-corrected chi connectivity index (χ3v) is 6.23. The van der Waals surface area contributed by atoms with E-state index in [1.807, 2.05) is 0 Å². The van der Waals surface area contributed by atoms with Crippen molar-refractivity contribution in [3.05, 3.63) is 16.0 Å². The molecule has 1 fully saturated rings. The summed E-state index contributed by atoms with van der Waals surface area (Å²) in [6, 6.07) is 0. The Morgan fingerprint density at radius 3 is 2.56 bits per heavy atom. The van der Waals surface area contributed by atoms with Crippen molar-refractivity contribution in [3.8, 4) is 0 Å². The molecule has 1 saturated carbocycles. The number of carbonyl (C=O) groups excluding carboxylic acids is 3. The maximum absolute atomic E-state index is 12.6. The maximum atomic E-state index is 12.6. The summed E-state index contributed by atoms with van der Waals surface area (Å²) in [7, 11) is 0. The molecule has 0 saturated heterocycles. The molecular weight excluding hydrogens is 340 g/mol. The summed E-state index contributed by atoms with van der Waals surface area (Å²) in [5, 5.41) is 3.51. The van der Waals surface area contributed by atoms with Crippen molar-refractivity contribution in [3.63, 3.8) is 0 Å². The average Bonchev–Trinajstić information content (AvgIpc) is 3.15. The van der Waals surface area contributed by atoms with Crippen LogP contribution in [0.1, 0.15) is 66.2 Å². The Kier molecular flexibility index (Phi) is 5.42. The van der Waals surface area contributed by atoms with Gasteiger partial charge in [-0.15, -0.1) is 11.3 Å². The molecule has 136 valence electrons. The summed E-state index contributed by atoms with van der Waals surface area (Å²) < 4.78 is 5.19. The molecule has 3 N–H and O–H groups in total. The molecule has 0 aromatic carbocycles. The smallest absolute Gasteiger partial charge is 0.342 e. The number of anilines is 1. The van der Waals surface area contributed by atoms with Crippen LogP contribution in [0.3, 0.4) is 0 Å². The van der Waals surface area contributed by atoms with Gasteiger partial charge >= 0.3 is 5.97 Å². The second-order valence-electron chi connectivity index (χ2n) is 6.84. The van der Waals surface area contributed by atoms with Gasteiger partial charge in [-0.1, -0.05) is 19.3 Å². The number of primary amides is 1. The van der Waals surface area contributed by atoms with E-state index >= 15 is 0 Å². The molecule has 6 nitrogen and oxygen atoms in total. The van der Waals surface area contributed by atoms with E-state index in [0.29, 0.717) is 10.6 Å². The van der Waals surface area contributed by atoms with Gasteiger partial charge in [0.25, 0.3) is 5.91 Å². The number of nitrogens with two attached hydrogens (primary N) is 1. The van der Waals surface area contributed by atoms with Crippen LogP contribution in [0.15, 0.2) is 0 Å². The first kappa shape index (κ1) is 17.9. The molecule has 2 aliphatic rings. The van der Waals surface area contributed by atoms with E-state index in [9.17, 15) is 14.4 Å². The number of amides is 2. The third kappa shape index (κ3) is 3.86. The van der Waals surface area contributed by atoms with Gasteiger partial charge in [-0.25, -0.2) is 4.79 Å². The van der Waals surface area contributed by atoms with E-state index < -0.39 is 18.0 Å². The van der Waals surface area contributed by atoms with Gasteiger partial charge in [0.1, 0.15) is 5.00 Å². The van der Waals surface area contributed by atoms with Crippen LogP contribution in [0.25, 0.3) is 0 Å². The van der Waals surface area contributed by atoms with Gasteiger partial charge in [-0.3, -0.25) is 9.59 Å². The Morgan fingerprint density at radius 2 is 1.88 bits per heavy atom. The highest BCUT2D eigenvalue weighted by atomic mass is 32.1. The minimum atomic E-state index is -0.994. The van der Waals surface area contributed by atoms with Crippen LogP contribution in [-0.2, 0) is 27.2 Å². The van der Waals surface area contributed by atoms with E-state index in [-0.39, 0.29) is 11.8 Å². The zero-order valence-corrected chi connectivity index (χ0v) is 15.2. The molecule has 0 radical (unpaired) electrons. The summed E-state index contributed by atoms with van der Waals surface area (Å²) in [4.78, 5) is 37.5. The Balaban J connectivity index is 1.80. The molecule has 0 unspecified atom stereocenters. The second-order valence-corrected chi connectivity index (χ2v) is 7.94. The molecule has 0 bridgehead atoms. The van der Waals surface area contributed by atoms with Crippen molar-refractivity contribution < 1.29 is 19.1 Å². The lowest BCUT2D eigenvalue weighted by atomic mass is 9.89. The number of fused-ring (bicyclic) bond motifs is 1. The number of thiophene rings is 1. The molecular formula is C18H24N2O4S. The number of rotatable bonds is 5. The van der Waals surface area contributed by atoms with Gasteiger partial charge in [0.05, 0.1) is 5.56 Å². The Labute approximate surface area is 151 Å². The number of carbonyl (C=O) groups is 3. The third-order valence-electron chi connectivity index (χ3n) is 5.02. The van der Waals surface area contributed by atoms with Gasteiger partial charge < -0.3 is 15.8 Å². The minimum Gasteiger partial charge on any atom is -0.449 e. The van der Waals surface area contributed by atoms with Crippen LogP contribution < -0.4 is 11.1 Å². The Bertz CT molecular complexity index is 691. The van der Waals surface area contributed by atoms with Gasteiger partial charge in [-0.05, 0) is 44.6 Å². The monoisotopic (exact) mass is 364 g/mol. The molecule has 2 aliphatic carbocycles. The van der Waals surface area contributed by atoms with E-state index in [1.165, 1.54) is 24.7 Å². The molecule has 25 heavy (non-hydrogen) atoms. The highest BCUT2D eigenvalue weighted by Gasteiger charge is 2.31. The minimum absolute atomic E-state index is 0.0131. The van der Waals surface area contributed by atoms with Crippen molar-refractivity contribution in [2.75, 3.05) is 5.32 Å². The van der Waals surface area contributed by atoms with Crippen molar-refractivity contribution in [1.82, 2.24) is 0 Å². The van der Waals surface area contributed by atoms with Crippen LogP contribution in [0.4, 0.5) is 5.00 Å². The van der Waals surface area contributed by atoms with Crippen molar-refractivity contribution >= 4 is 34.1 Å². The lowest BCUT2D eigenvalue weighted by Gasteiger charge is -2.20. The topological polar surface area (TPSA) is 98.5 Å². The first-order valence-corrected chi connectivity index (χ1v) is 9.74. The van der Waals surface area contributed by atoms with Crippen molar-refractivity contribution in [2.45, 2.75) is 64.4 Å². The lowest BCUT2D eigenvalue weighted by Crippen LogP contribution is -2.31. The van der Waals surface area contributed by atoms with E-state index in [2.05, 4.69) is 5.32 Å². The fourth-order valence-electron chi connectivity index (χ4n) is 3.56. The zero-order chi connectivity index (χ0) is 18.0. The zero-order valence-electron chi connectivity index (χ0n) is 14.4. The summed E-state index contributed by atoms with van der Waals surface area (Å²) in [6.45, 7) is 1.45. The quantitative estimate of drug-likeness (QED) is 0.785. The predicted octanol–water partition coefficient (Wildman–Crippen LogP) is 2.79. The highest BCUT2D eigenvalue weighted by Crippen LogP contribution is 2.40. The predicted molar refractivity (Wildman–Crippen MR) is 95.6 cm³/mol. The number of nitrogens with one attached hydrogen (secondary N) is 1. The van der Waals surface area contributed by atoms with Crippen LogP contribution >= 0.6 is 11.3 Å². The molecule has 0 spiro atoms. The lowest BCUT2D eigenvalue weighted by molar-refractivity contribution is -0.125. The average molecular weight is 364 g/mol. The first-order chi connectivity index (χ1) is 12.0. The summed E-state index contributed by atoms with van der Waals surface area (Å²) in [5.41, 5.74) is 6.54. The van der Waals surface area contributed by atoms with Crippen LogP contribution in [0, 0.1) is 5.92 Å². The van der Waals surface area contributed by atoms with Gasteiger partial charge in [0.15, 0.2) is 6.10 Å². The molecule has 1 aromatic rings. The van der Waals surface area contributed by atoms with E-state index in [1.54, 1.807) is 0 Å². The van der Waals surface area contributed by atoms with Crippen LogP contribution in [0.2, 0.25) is 0 Å². The van der Waals surface area contributed by atoms with Crippen LogP contribution in [0.5, 0.6) is 0 Å².